The number of hydrogen-bond acceptors (Lipinski definition) is 11. The number of likely N-dealkylation sites (N-methyl/N-ethyl adjacent to an activating group) is 1. The summed E-state index contributed by atoms with van der Waals surface area (Å²) in [6.07, 6.45) is 5.95. The second kappa shape index (κ2) is 12.4. The van der Waals surface area contributed by atoms with Crippen molar-refractivity contribution in [1.82, 2.24) is 40.7 Å². The van der Waals surface area contributed by atoms with Crippen molar-refractivity contribution >= 4 is 33.9 Å². The molecule has 228 valence electrons. The molecule has 13 heteroatoms. The predicted molar refractivity (Wildman–Crippen MR) is 174 cm³/mol. The first-order valence-corrected chi connectivity index (χ1v) is 15.6. The normalized spacial score (nSPS) is 19.6. The molecule has 1 aliphatic heterocycles. The summed E-state index contributed by atoms with van der Waals surface area (Å²) < 4.78 is 2.08. The molecule has 0 spiro atoms. The molecule has 5 N–H and O–H groups in total. The summed E-state index contributed by atoms with van der Waals surface area (Å²) in [6, 6.07) is 15.6. The predicted octanol–water partition coefficient (Wildman–Crippen LogP) is 5.67. The Balaban J connectivity index is 0.00000343. The number of piperazine rings is 1. The number of nitro benzene ring substituents is 1. The molecule has 7 rings (SSSR count). The summed E-state index contributed by atoms with van der Waals surface area (Å²) in [5.41, 5.74) is 11.0. The molecular formula is C31H36N10O2S. The number of nitro groups is 1. The van der Waals surface area contributed by atoms with Gasteiger partial charge in [-0.15, -0.1) is 11.3 Å². The zero-order chi connectivity index (χ0) is 29.5. The highest BCUT2D eigenvalue weighted by molar-refractivity contribution is 7.13. The maximum atomic E-state index is 11.5. The standard InChI is InChI=1S/C31H33N9O2S.H3N/c1-37-14-16-38(17-15-37)22-10-12-23(13-11-22)39-30-27(29(32)33-19-34-30)28(36-39)20-6-8-21(9-7-20)31-35-25(18-43-31)24-4-2-3-5-26(24)40(41)42;/h2-9,18-19,22-23H,10-17H2,1H3,(H2,32,33,34);1H3. The molecule has 1 aliphatic carbocycles. The first-order chi connectivity index (χ1) is 21.0. The van der Waals surface area contributed by atoms with E-state index in [-0.39, 0.29) is 22.8 Å². The van der Waals surface area contributed by atoms with Gasteiger partial charge in [0.25, 0.3) is 5.69 Å². The Labute approximate surface area is 259 Å². The van der Waals surface area contributed by atoms with Gasteiger partial charge in [0.05, 0.1) is 27.6 Å². The summed E-state index contributed by atoms with van der Waals surface area (Å²) in [5, 5.41) is 20.0. The van der Waals surface area contributed by atoms with Gasteiger partial charge in [0, 0.05) is 54.8 Å². The molecule has 0 amide bonds. The van der Waals surface area contributed by atoms with Gasteiger partial charge in [-0.2, -0.15) is 5.10 Å². The van der Waals surface area contributed by atoms with Gasteiger partial charge in [-0.1, -0.05) is 36.4 Å². The summed E-state index contributed by atoms with van der Waals surface area (Å²) in [7, 11) is 2.20. The van der Waals surface area contributed by atoms with Gasteiger partial charge in [-0.05, 0) is 38.8 Å². The maximum Gasteiger partial charge on any atom is 0.278 e. The molecule has 44 heavy (non-hydrogen) atoms. The van der Waals surface area contributed by atoms with E-state index in [1.165, 1.54) is 23.7 Å². The van der Waals surface area contributed by atoms with Gasteiger partial charge in [0.15, 0.2) is 5.65 Å². The van der Waals surface area contributed by atoms with E-state index < -0.39 is 0 Å². The van der Waals surface area contributed by atoms with E-state index in [9.17, 15) is 10.1 Å². The molecule has 1 saturated carbocycles. The Morgan fingerprint density at radius 2 is 1.61 bits per heavy atom. The van der Waals surface area contributed by atoms with E-state index in [0.717, 1.165) is 84.7 Å². The number of nitrogens with zero attached hydrogens (tertiary/aromatic N) is 8. The van der Waals surface area contributed by atoms with Gasteiger partial charge >= 0.3 is 0 Å². The van der Waals surface area contributed by atoms with Crippen LogP contribution in [0.3, 0.4) is 0 Å². The van der Waals surface area contributed by atoms with Gasteiger partial charge in [0.2, 0.25) is 0 Å². The number of benzene rings is 2. The van der Waals surface area contributed by atoms with E-state index in [0.29, 0.717) is 23.1 Å². The van der Waals surface area contributed by atoms with Crippen LogP contribution in [0.25, 0.3) is 44.1 Å². The number of para-hydroxylation sites is 1. The largest absolute Gasteiger partial charge is 0.383 e. The van der Waals surface area contributed by atoms with Crippen molar-refractivity contribution in [2.75, 3.05) is 39.0 Å². The first kappa shape index (κ1) is 29.8. The van der Waals surface area contributed by atoms with Gasteiger partial charge < -0.3 is 16.8 Å². The number of fused-ring (bicyclic) bond motifs is 1. The van der Waals surface area contributed by atoms with E-state index in [1.54, 1.807) is 18.2 Å². The average molecular weight is 613 g/mol. The number of thiazole rings is 1. The fourth-order valence-electron chi connectivity index (χ4n) is 6.46. The van der Waals surface area contributed by atoms with Gasteiger partial charge in [0.1, 0.15) is 22.8 Å². The molecule has 0 atom stereocenters. The average Bonchev–Trinajstić information content (AvgIpc) is 3.68. The maximum absolute atomic E-state index is 11.5. The van der Waals surface area contributed by atoms with Crippen LogP contribution in [0.5, 0.6) is 0 Å². The molecule has 2 aliphatic rings. The topological polar surface area (TPSA) is 167 Å². The monoisotopic (exact) mass is 612 g/mol. The molecule has 2 fully saturated rings. The van der Waals surface area contributed by atoms with Crippen LogP contribution in [0, 0.1) is 10.1 Å². The Kier molecular flexibility index (Phi) is 8.36. The summed E-state index contributed by atoms with van der Waals surface area (Å²) in [6.45, 7) is 4.58. The molecule has 0 unspecified atom stereocenters. The van der Waals surface area contributed by atoms with Crippen LogP contribution in [0.15, 0.2) is 60.2 Å². The van der Waals surface area contributed by atoms with Crippen molar-refractivity contribution in [3.8, 4) is 33.1 Å². The van der Waals surface area contributed by atoms with Crippen molar-refractivity contribution in [1.29, 1.82) is 0 Å². The molecule has 0 radical (unpaired) electrons. The second-order valence-electron chi connectivity index (χ2n) is 11.4. The van der Waals surface area contributed by atoms with E-state index >= 15 is 0 Å². The first-order valence-electron chi connectivity index (χ1n) is 14.7. The van der Waals surface area contributed by atoms with E-state index in [2.05, 4.69) is 31.5 Å². The molecule has 1 saturated heterocycles. The summed E-state index contributed by atoms with van der Waals surface area (Å²) >= 11 is 1.46. The van der Waals surface area contributed by atoms with Crippen molar-refractivity contribution < 1.29 is 4.92 Å². The van der Waals surface area contributed by atoms with Crippen molar-refractivity contribution in [3.05, 3.63) is 70.4 Å². The lowest BCUT2D eigenvalue weighted by Crippen LogP contribution is -2.49. The number of rotatable bonds is 6. The van der Waals surface area contributed by atoms with Crippen LogP contribution >= 0.6 is 11.3 Å². The number of nitrogen functional groups attached to an aromatic ring is 1. The molecule has 5 aromatic rings. The lowest BCUT2D eigenvalue weighted by atomic mass is 9.90. The summed E-state index contributed by atoms with van der Waals surface area (Å²) in [4.78, 5) is 29.8. The van der Waals surface area contributed by atoms with Crippen molar-refractivity contribution in [2.45, 2.75) is 37.8 Å². The Morgan fingerprint density at radius 3 is 2.34 bits per heavy atom. The zero-order valence-electron chi connectivity index (χ0n) is 24.7. The Bertz CT molecular complexity index is 1770. The fraction of sp³-hybridized carbons (Fsp3) is 0.355. The minimum absolute atomic E-state index is 0. The Morgan fingerprint density at radius 1 is 0.932 bits per heavy atom. The van der Waals surface area contributed by atoms with E-state index in [4.69, 9.17) is 15.8 Å². The highest BCUT2D eigenvalue weighted by atomic mass is 32.1. The van der Waals surface area contributed by atoms with Crippen LogP contribution in [0.4, 0.5) is 11.5 Å². The van der Waals surface area contributed by atoms with Gasteiger partial charge in [-0.25, -0.2) is 19.6 Å². The molecule has 0 bridgehead atoms. The molecule has 12 nitrogen and oxygen atoms in total. The number of aromatic nitrogens is 5. The van der Waals surface area contributed by atoms with Crippen LogP contribution < -0.4 is 11.9 Å². The number of anilines is 1. The lowest BCUT2D eigenvalue weighted by molar-refractivity contribution is -0.384. The highest BCUT2D eigenvalue weighted by Crippen LogP contribution is 2.38. The van der Waals surface area contributed by atoms with Gasteiger partial charge in [-0.3, -0.25) is 15.0 Å². The SMILES string of the molecule is CN1CCN(C2CCC(n3nc(-c4ccc(-c5nc(-c6ccccc6[N+](=O)[O-])cs5)cc4)c4c(N)ncnc43)CC2)CC1.N. The fourth-order valence-corrected chi connectivity index (χ4v) is 7.28. The molecule has 4 heterocycles. The van der Waals surface area contributed by atoms with E-state index in [1.807, 2.05) is 29.6 Å². The van der Waals surface area contributed by atoms with Crippen LogP contribution in [-0.4, -0.2) is 78.7 Å². The van der Waals surface area contributed by atoms with Crippen molar-refractivity contribution in [3.63, 3.8) is 0 Å². The minimum Gasteiger partial charge on any atom is -0.383 e. The van der Waals surface area contributed by atoms with Crippen LogP contribution in [-0.2, 0) is 0 Å². The Hall–Kier alpha value is -4.30. The zero-order valence-corrected chi connectivity index (χ0v) is 25.5. The van der Waals surface area contributed by atoms with Crippen LogP contribution in [0.2, 0.25) is 0 Å². The van der Waals surface area contributed by atoms with Crippen LogP contribution in [0.1, 0.15) is 31.7 Å². The summed E-state index contributed by atoms with van der Waals surface area (Å²) in [5.74, 6) is 0.426. The highest BCUT2D eigenvalue weighted by Gasteiger charge is 2.30. The molecular weight excluding hydrogens is 576 g/mol. The third kappa shape index (κ3) is 5.54. The third-order valence-corrected chi connectivity index (χ3v) is 9.76. The quantitative estimate of drug-likeness (QED) is 0.180. The second-order valence-corrected chi connectivity index (χ2v) is 12.3. The number of hydrogen-bond donors (Lipinski definition) is 2. The lowest BCUT2D eigenvalue weighted by Gasteiger charge is -2.41. The third-order valence-electron chi connectivity index (χ3n) is 8.87. The van der Waals surface area contributed by atoms with Crippen molar-refractivity contribution in [2.24, 2.45) is 0 Å². The minimum atomic E-state index is -0.374. The number of nitrogens with two attached hydrogens (primary N) is 1. The molecule has 2 aromatic carbocycles. The molecule has 3 aromatic heterocycles. The smallest absolute Gasteiger partial charge is 0.278 e.